The molecule has 3 heterocycles. The number of benzene rings is 1. The maximum absolute atomic E-state index is 12.8. The van der Waals surface area contributed by atoms with Crippen LogP contribution in [0, 0.1) is 0 Å². The maximum atomic E-state index is 12.8. The summed E-state index contributed by atoms with van der Waals surface area (Å²) in [6.07, 6.45) is -3.48. The second-order valence-corrected chi connectivity index (χ2v) is 8.58. The van der Waals surface area contributed by atoms with E-state index in [1.165, 1.54) is 11.3 Å². The van der Waals surface area contributed by atoms with Crippen LogP contribution in [0.2, 0.25) is 0 Å². The Hall–Kier alpha value is -2.24. The number of H-pyrrole nitrogens is 1. The lowest BCUT2D eigenvalue weighted by atomic mass is 10.1. The first-order chi connectivity index (χ1) is 13.8. The molecule has 0 aliphatic carbocycles. The van der Waals surface area contributed by atoms with Gasteiger partial charge >= 0.3 is 6.18 Å². The van der Waals surface area contributed by atoms with Crippen molar-refractivity contribution in [2.45, 2.75) is 17.1 Å². The molecule has 4 aromatic rings. The van der Waals surface area contributed by atoms with E-state index in [-0.39, 0.29) is 16.5 Å². The molecule has 0 amide bonds. The molecule has 0 saturated heterocycles. The third kappa shape index (κ3) is 4.36. The van der Waals surface area contributed by atoms with Crippen molar-refractivity contribution in [3.63, 3.8) is 0 Å². The van der Waals surface area contributed by atoms with Crippen LogP contribution in [0.3, 0.4) is 0 Å². The number of alkyl halides is 3. The molecule has 0 fully saturated rings. The van der Waals surface area contributed by atoms with Gasteiger partial charge in [-0.05, 0) is 23.8 Å². The summed E-state index contributed by atoms with van der Waals surface area (Å²) in [7, 11) is 0. The summed E-state index contributed by atoms with van der Waals surface area (Å²) in [6, 6.07) is 8.39. The van der Waals surface area contributed by atoms with E-state index in [0.29, 0.717) is 16.0 Å². The highest BCUT2D eigenvalue weighted by molar-refractivity contribution is 9.10. The van der Waals surface area contributed by atoms with E-state index in [4.69, 9.17) is 0 Å². The lowest BCUT2D eigenvalue weighted by Crippen LogP contribution is -2.11. The molecule has 0 aliphatic heterocycles. The Bertz CT molecular complexity index is 1240. The highest BCUT2D eigenvalue weighted by Gasteiger charge is 2.32. The van der Waals surface area contributed by atoms with Gasteiger partial charge in [0, 0.05) is 21.6 Å². The van der Waals surface area contributed by atoms with Gasteiger partial charge < -0.3 is 4.98 Å². The van der Waals surface area contributed by atoms with E-state index >= 15 is 0 Å². The number of thiophene rings is 1. The van der Waals surface area contributed by atoms with Crippen molar-refractivity contribution in [1.29, 1.82) is 0 Å². The second kappa shape index (κ2) is 7.88. The number of aromatic amines is 1. The van der Waals surface area contributed by atoms with Gasteiger partial charge in [0.25, 0.3) is 5.56 Å². The molecule has 0 unspecified atom stereocenters. The molecule has 1 aromatic carbocycles. The van der Waals surface area contributed by atoms with Gasteiger partial charge in [-0.25, -0.2) is 15.0 Å². The molecule has 1 N–H and O–H groups in total. The normalized spacial score (nSPS) is 11.9. The van der Waals surface area contributed by atoms with Gasteiger partial charge in [0.2, 0.25) is 0 Å². The topological polar surface area (TPSA) is 71.5 Å². The summed E-state index contributed by atoms with van der Waals surface area (Å²) in [5.74, 6) is 0.482. The van der Waals surface area contributed by atoms with Crippen molar-refractivity contribution in [1.82, 2.24) is 19.9 Å². The van der Waals surface area contributed by atoms with Gasteiger partial charge in [-0.3, -0.25) is 4.79 Å². The molecule has 0 radical (unpaired) electrons. The third-order valence-corrected chi connectivity index (χ3v) is 6.18. The van der Waals surface area contributed by atoms with Gasteiger partial charge in [0.05, 0.1) is 11.1 Å². The van der Waals surface area contributed by atoms with Crippen LogP contribution in [-0.4, -0.2) is 19.9 Å². The van der Waals surface area contributed by atoms with Gasteiger partial charge in [-0.1, -0.05) is 39.8 Å². The summed E-state index contributed by atoms with van der Waals surface area (Å²) in [5.41, 5.74) is 0.372. The summed E-state index contributed by atoms with van der Waals surface area (Å²) in [5, 5.41) is 2.31. The molecule has 29 heavy (non-hydrogen) atoms. The van der Waals surface area contributed by atoms with Crippen molar-refractivity contribution >= 4 is 49.2 Å². The Morgan fingerprint density at radius 2 is 1.90 bits per heavy atom. The van der Waals surface area contributed by atoms with Crippen LogP contribution < -0.4 is 5.56 Å². The first-order valence-corrected chi connectivity index (χ1v) is 10.8. The summed E-state index contributed by atoms with van der Waals surface area (Å²) < 4.78 is 39.2. The Kier molecular flexibility index (Phi) is 5.45. The number of halogens is 4. The fraction of sp³-hybridized carbons (Fsp3) is 0.111. The first-order valence-electron chi connectivity index (χ1n) is 8.10. The summed E-state index contributed by atoms with van der Waals surface area (Å²) in [6.45, 7) is 0. The van der Waals surface area contributed by atoms with Crippen LogP contribution in [0.25, 0.3) is 21.3 Å². The number of nitrogens with zero attached hydrogens (tertiary/aromatic N) is 3. The highest BCUT2D eigenvalue weighted by atomic mass is 79.9. The molecule has 0 spiro atoms. The summed E-state index contributed by atoms with van der Waals surface area (Å²) >= 11 is 5.69. The van der Waals surface area contributed by atoms with E-state index in [0.717, 1.165) is 39.6 Å². The minimum absolute atomic E-state index is 0.0377. The smallest absolute Gasteiger partial charge is 0.309 e. The molecule has 148 valence electrons. The van der Waals surface area contributed by atoms with E-state index in [2.05, 4.69) is 35.9 Å². The van der Waals surface area contributed by atoms with E-state index in [1.54, 1.807) is 0 Å². The number of rotatable bonds is 4. The van der Waals surface area contributed by atoms with Crippen molar-refractivity contribution in [2.75, 3.05) is 0 Å². The molecule has 3 aromatic heterocycles. The molecular formula is C18H10BrF3N4OS2. The fourth-order valence-corrected chi connectivity index (χ4v) is 4.54. The fourth-order valence-electron chi connectivity index (χ4n) is 2.60. The minimum atomic E-state index is -4.54. The standard InChI is InChI=1S/C18H10BrF3N4OS2/c19-10-3-1-9(2-4-10)11-7-28-16-14(11)15(27)25-13(26-16)8-29-17-23-6-5-12(24-17)18(20,21)22/h1-7H,8H2,(H,25,26,27). The predicted octanol–water partition coefficient (Wildman–Crippen LogP) is 5.52. The lowest BCUT2D eigenvalue weighted by Gasteiger charge is -2.06. The highest BCUT2D eigenvalue weighted by Crippen LogP contribution is 2.32. The van der Waals surface area contributed by atoms with E-state index < -0.39 is 11.9 Å². The summed E-state index contributed by atoms with van der Waals surface area (Å²) in [4.78, 5) is 27.7. The number of nitrogens with one attached hydrogen (secondary N) is 1. The van der Waals surface area contributed by atoms with Crippen LogP contribution >= 0.6 is 39.0 Å². The zero-order valence-electron chi connectivity index (χ0n) is 14.3. The van der Waals surface area contributed by atoms with Crippen molar-refractivity contribution < 1.29 is 13.2 Å². The molecule has 11 heteroatoms. The molecule has 0 atom stereocenters. The number of aromatic nitrogens is 4. The quantitative estimate of drug-likeness (QED) is 0.296. The van der Waals surface area contributed by atoms with Crippen LogP contribution in [0.15, 0.2) is 56.3 Å². The van der Waals surface area contributed by atoms with Crippen LogP contribution in [0.1, 0.15) is 11.5 Å². The Labute approximate surface area is 178 Å². The largest absolute Gasteiger partial charge is 0.433 e. The molecule has 5 nitrogen and oxygen atoms in total. The monoisotopic (exact) mass is 498 g/mol. The number of hydrogen-bond donors (Lipinski definition) is 1. The van der Waals surface area contributed by atoms with E-state index in [1.807, 2.05) is 29.6 Å². The maximum Gasteiger partial charge on any atom is 0.433 e. The number of hydrogen-bond acceptors (Lipinski definition) is 6. The molecular weight excluding hydrogens is 489 g/mol. The zero-order valence-corrected chi connectivity index (χ0v) is 17.5. The van der Waals surface area contributed by atoms with Crippen molar-refractivity contribution in [3.05, 3.63) is 68.3 Å². The van der Waals surface area contributed by atoms with Crippen LogP contribution in [-0.2, 0) is 11.9 Å². The average molecular weight is 499 g/mol. The molecule has 0 aliphatic rings. The van der Waals surface area contributed by atoms with Gasteiger partial charge in [0.1, 0.15) is 16.3 Å². The van der Waals surface area contributed by atoms with E-state index in [9.17, 15) is 18.0 Å². The first kappa shape index (κ1) is 20.0. The molecule has 0 saturated carbocycles. The van der Waals surface area contributed by atoms with Gasteiger partial charge in [0.15, 0.2) is 5.16 Å². The lowest BCUT2D eigenvalue weighted by molar-refractivity contribution is -0.141. The molecule has 4 rings (SSSR count). The Morgan fingerprint density at radius 1 is 1.14 bits per heavy atom. The van der Waals surface area contributed by atoms with Gasteiger partial charge in [-0.15, -0.1) is 11.3 Å². The van der Waals surface area contributed by atoms with Crippen LogP contribution in [0.5, 0.6) is 0 Å². The second-order valence-electron chi connectivity index (χ2n) is 5.86. The van der Waals surface area contributed by atoms with Crippen molar-refractivity contribution in [3.8, 4) is 11.1 Å². The number of fused-ring (bicyclic) bond motifs is 1. The SMILES string of the molecule is O=c1[nH]c(CSc2nccc(C(F)(F)F)n2)nc2scc(-c3ccc(Br)cc3)c12. The Balaban J connectivity index is 1.60. The van der Waals surface area contributed by atoms with Gasteiger partial charge in [-0.2, -0.15) is 13.2 Å². The average Bonchev–Trinajstić information content (AvgIpc) is 3.11. The number of thioether (sulfide) groups is 1. The Morgan fingerprint density at radius 3 is 2.62 bits per heavy atom. The molecule has 0 bridgehead atoms. The predicted molar refractivity (Wildman–Crippen MR) is 110 cm³/mol. The third-order valence-electron chi connectivity index (χ3n) is 3.91. The van der Waals surface area contributed by atoms with Crippen molar-refractivity contribution in [2.24, 2.45) is 0 Å². The minimum Gasteiger partial charge on any atom is -0.309 e. The van der Waals surface area contributed by atoms with Crippen LogP contribution in [0.4, 0.5) is 13.2 Å². The zero-order chi connectivity index (χ0) is 20.6.